The second kappa shape index (κ2) is 7.29. The maximum absolute atomic E-state index is 5.88. The summed E-state index contributed by atoms with van der Waals surface area (Å²) in [5, 5.41) is 0. The Morgan fingerprint density at radius 1 is 1.30 bits per heavy atom. The van der Waals surface area contributed by atoms with E-state index in [0.717, 1.165) is 34.9 Å². The van der Waals surface area contributed by atoms with Gasteiger partial charge in [-0.3, -0.25) is 0 Å². The smallest absolute Gasteiger partial charge is 0.231 e. The molecular formula is C22H24N3O2+. The highest BCUT2D eigenvalue weighted by Crippen LogP contribution is 2.36. The third-order valence-corrected chi connectivity index (χ3v) is 4.85. The van der Waals surface area contributed by atoms with Crippen molar-refractivity contribution in [3.8, 4) is 11.5 Å². The molecule has 2 aliphatic heterocycles. The van der Waals surface area contributed by atoms with Gasteiger partial charge in [0.1, 0.15) is 7.05 Å². The van der Waals surface area contributed by atoms with Crippen molar-refractivity contribution >= 4 is 23.9 Å². The lowest BCUT2D eigenvalue weighted by atomic mass is 10.0. The SMILES string of the molecule is Cc1cc(/C=C/c2cccc3c2OCO3)[nH]c1/C(CCN)=C1/C=CC=[N+]1C. The standard InChI is InChI=1S/C22H23N3O2/c1-15-13-17(9-8-16-5-3-7-20-22(16)27-14-26-20)24-21(15)18(10-11-23)19-6-4-12-25(19)2/h3-9,12-13H,10-11,14,23H2,1-2H3/p+1/b9-8+. The summed E-state index contributed by atoms with van der Waals surface area (Å²) in [4.78, 5) is 3.56. The monoisotopic (exact) mass is 362 g/mol. The highest BCUT2D eigenvalue weighted by molar-refractivity contribution is 5.79. The van der Waals surface area contributed by atoms with E-state index >= 15 is 0 Å². The number of allylic oxidation sites excluding steroid dienone is 2. The molecule has 3 heterocycles. The number of aryl methyl sites for hydroxylation is 1. The molecule has 2 aromatic rings. The van der Waals surface area contributed by atoms with E-state index in [-0.39, 0.29) is 6.79 Å². The number of hydrogen-bond acceptors (Lipinski definition) is 3. The highest BCUT2D eigenvalue weighted by Gasteiger charge is 2.20. The minimum Gasteiger partial charge on any atom is -0.454 e. The Kier molecular flexibility index (Phi) is 4.69. The van der Waals surface area contributed by atoms with Crippen LogP contribution in [0.15, 0.2) is 42.1 Å². The van der Waals surface area contributed by atoms with Gasteiger partial charge in [0, 0.05) is 29.0 Å². The van der Waals surface area contributed by atoms with E-state index in [4.69, 9.17) is 15.2 Å². The summed E-state index contributed by atoms with van der Waals surface area (Å²) in [6, 6.07) is 8.08. The van der Waals surface area contributed by atoms with Crippen molar-refractivity contribution in [1.29, 1.82) is 0 Å². The van der Waals surface area contributed by atoms with Crippen molar-refractivity contribution in [2.75, 3.05) is 20.4 Å². The first kappa shape index (κ1) is 17.4. The molecule has 0 aliphatic carbocycles. The molecular weight excluding hydrogens is 338 g/mol. The van der Waals surface area contributed by atoms with Crippen LogP contribution in [0.25, 0.3) is 17.7 Å². The van der Waals surface area contributed by atoms with Gasteiger partial charge in [0.05, 0.1) is 5.69 Å². The summed E-state index contributed by atoms with van der Waals surface area (Å²) >= 11 is 0. The molecule has 0 saturated carbocycles. The van der Waals surface area contributed by atoms with Gasteiger partial charge in [0.15, 0.2) is 17.7 Å². The van der Waals surface area contributed by atoms with Gasteiger partial charge in [-0.25, -0.2) is 4.58 Å². The first-order valence-corrected chi connectivity index (χ1v) is 9.11. The molecule has 0 unspecified atom stereocenters. The maximum atomic E-state index is 5.88. The van der Waals surface area contributed by atoms with E-state index in [1.54, 1.807) is 0 Å². The highest BCUT2D eigenvalue weighted by atomic mass is 16.7. The van der Waals surface area contributed by atoms with Crippen LogP contribution in [-0.4, -0.2) is 36.2 Å². The molecule has 0 bridgehead atoms. The number of aromatic amines is 1. The van der Waals surface area contributed by atoms with E-state index in [2.05, 4.69) is 54.0 Å². The fourth-order valence-corrected chi connectivity index (χ4v) is 3.55. The lowest BCUT2D eigenvalue weighted by molar-refractivity contribution is -0.428. The average molecular weight is 362 g/mol. The number of likely N-dealkylation sites (N-methyl/N-ethyl adjacent to an activating group) is 1. The molecule has 1 aromatic heterocycles. The average Bonchev–Trinajstić information content (AvgIpc) is 3.38. The van der Waals surface area contributed by atoms with Crippen LogP contribution in [0.3, 0.4) is 0 Å². The number of nitrogens with zero attached hydrogens (tertiary/aromatic N) is 1. The number of rotatable bonds is 5. The number of ether oxygens (including phenoxy) is 2. The van der Waals surface area contributed by atoms with Crippen molar-refractivity contribution in [2.24, 2.45) is 5.73 Å². The van der Waals surface area contributed by atoms with E-state index in [1.165, 1.54) is 16.8 Å². The predicted octanol–water partition coefficient (Wildman–Crippen LogP) is 3.57. The fraction of sp³-hybridized carbons (Fsp3) is 0.227. The summed E-state index contributed by atoms with van der Waals surface area (Å²) in [6.07, 6.45) is 11.2. The summed E-state index contributed by atoms with van der Waals surface area (Å²) in [6.45, 7) is 3.01. The number of fused-ring (bicyclic) bond motifs is 1. The lowest BCUT2D eigenvalue weighted by Gasteiger charge is -2.07. The maximum Gasteiger partial charge on any atom is 0.231 e. The Hall–Kier alpha value is -3.05. The molecule has 5 nitrogen and oxygen atoms in total. The molecule has 27 heavy (non-hydrogen) atoms. The molecule has 0 fully saturated rings. The topological polar surface area (TPSA) is 63.3 Å². The van der Waals surface area contributed by atoms with E-state index in [9.17, 15) is 0 Å². The van der Waals surface area contributed by atoms with Crippen LogP contribution in [0, 0.1) is 6.92 Å². The number of nitrogens with one attached hydrogen (secondary N) is 1. The van der Waals surface area contributed by atoms with Crippen molar-refractivity contribution < 1.29 is 14.0 Å². The Labute approximate surface area is 159 Å². The van der Waals surface area contributed by atoms with Crippen LogP contribution in [0.4, 0.5) is 0 Å². The van der Waals surface area contributed by atoms with Gasteiger partial charge in [-0.1, -0.05) is 12.1 Å². The first-order chi connectivity index (χ1) is 13.2. The molecule has 0 saturated heterocycles. The molecule has 5 heteroatoms. The number of hydrogen-bond donors (Lipinski definition) is 2. The Bertz CT molecular complexity index is 993. The van der Waals surface area contributed by atoms with Crippen molar-refractivity contribution in [1.82, 2.24) is 4.98 Å². The van der Waals surface area contributed by atoms with Crippen LogP contribution in [-0.2, 0) is 0 Å². The van der Waals surface area contributed by atoms with E-state index in [1.807, 2.05) is 24.3 Å². The molecule has 0 spiro atoms. The molecule has 3 N–H and O–H groups in total. The van der Waals surface area contributed by atoms with Crippen LogP contribution < -0.4 is 15.2 Å². The largest absolute Gasteiger partial charge is 0.454 e. The second-order valence-electron chi connectivity index (χ2n) is 6.72. The predicted molar refractivity (Wildman–Crippen MR) is 109 cm³/mol. The van der Waals surface area contributed by atoms with Crippen LogP contribution in [0.2, 0.25) is 0 Å². The summed E-state index contributed by atoms with van der Waals surface area (Å²) in [5.41, 5.74) is 12.7. The summed E-state index contributed by atoms with van der Waals surface area (Å²) in [5.74, 6) is 1.60. The zero-order valence-electron chi connectivity index (χ0n) is 15.7. The quantitative estimate of drug-likeness (QED) is 0.800. The number of para-hydroxylation sites is 1. The van der Waals surface area contributed by atoms with Crippen LogP contribution in [0.5, 0.6) is 11.5 Å². The van der Waals surface area contributed by atoms with Gasteiger partial charge in [-0.15, -0.1) is 0 Å². The van der Waals surface area contributed by atoms with Crippen LogP contribution in [0.1, 0.15) is 28.9 Å². The molecule has 0 amide bonds. The zero-order chi connectivity index (χ0) is 18.8. The van der Waals surface area contributed by atoms with Gasteiger partial charge in [-0.05, 0) is 49.7 Å². The minimum atomic E-state index is 0.278. The van der Waals surface area contributed by atoms with Gasteiger partial charge in [-0.2, -0.15) is 0 Å². The van der Waals surface area contributed by atoms with Gasteiger partial charge >= 0.3 is 0 Å². The molecule has 1 aromatic carbocycles. The zero-order valence-corrected chi connectivity index (χ0v) is 15.7. The molecule has 0 atom stereocenters. The van der Waals surface area contributed by atoms with Crippen LogP contribution >= 0.6 is 0 Å². The van der Waals surface area contributed by atoms with Crippen molar-refractivity contribution in [2.45, 2.75) is 13.3 Å². The number of nitrogens with two attached hydrogens (primary N) is 1. The second-order valence-corrected chi connectivity index (χ2v) is 6.72. The number of benzene rings is 1. The van der Waals surface area contributed by atoms with E-state index < -0.39 is 0 Å². The third-order valence-electron chi connectivity index (χ3n) is 4.85. The molecule has 2 aliphatic rings. The molecule has 138 valence electrons. The van der Waals surface area contributed by atoms with E-state index in [0.29, 0.717) is 6.54 Å². The summed E-state index contributed by atoms with van der Waals surface area (Å²) < 4.78 is 13.1. The minimum absolute atomic E-state index is 0.278. The molecule has 4 rings (SSSR count). The Morgan fingerprint density at radius 2 is 2.19 bits per heavy atom. The van der Waals surface area contributed by atoms with Crippen molar-refractivity contribution in [3.63, 3.8) is 0 Å². The van der Waals surface area contributed by atoms with Crippen molar-refractivity contribution in [3.05, 3.63) is 64.6 Å². The Balaban J connectivity index is 1.67. The van der Waals surface area contributed by atoms with Gasteiger partial charge in [0.25, 0.3) is 0 Å². The normalized spacial score (nSPS) is 17.1. The lowest BCUT2D eigenvalue weighted by Crippen LogP contribution is -2.08. The number of H-pyrrole nitrogens is 1. The van der Waals surface area contributed by atoms with Gasteiger partial charge in [0.2, 0.25) is 12.5 Å². The molecule has 0 radical (unpaired) electrons. The van der Waals surface area contributed by atoms with Gasteiger partial charge < -0.3 is 20.2 Å². The first-order valence-electron chi connectivity index (χ1n) is 9.11. The summed E-state index contributed by atoms with van der Waals surface area (Å²) in [7, 11) is 2.06. The number of aromatic nitrogens is 1. The Morgan fingerprint density at radius 3 is 2.96 bits per heavy atom. The third kappa shape index (κ3) is 3.34. The fourth-order valence-electron chi connectivity index (χ4n) is 3.55.